The van der Waals surface area contributed by atoms with E-state index in [1.807, 2.05) is 0 Å². The molecule has 29 heavy (non-hydrogen) atoms. The lowest BCUT2D eigenvalue weighted by Crippen LogP contribution is -2.53. The second kappa shape index (κ2) is 8.50. The molecular formula is C29H52. The lowest BCUT2D eigenvalue weighted by Gasteiger charge is -2.61. The molecule has 0 spiro atoms. The van der Waals surface area contributed by atoms with Crippen LogP contribution in [0.1, 0.15) is 125 Å². The fraction of sp³-hybridized carbons (Fsp3) is 1.00. The second-order valence-electron chi connectivity index (χ2n) is 13.1. The van der Waals surface area contributed by atoms with Crippen LogP contribution in [-0.2, 0) is 0 Å². The van der Waals surface area contributed by atoms with E-state index < -0.39 is 0 Å². The highest BCUT2D eigenvalue weighted by Crippen LogP contribution is 2.68. The molecule has 4 fully saturated rings. The van der Waals surface area contributed by atoms with Crippen molar-refractivity contribution >= 4 is 0 Å². The molecule has 0 saturated heterocycles. The minimum absolute atomic E-state index is 0.665. The van der Waals surface area contributed by atoms with E-state index in [1.165, 1.54) is 32.1 Å². The van der Waals surface area contributed by atoms with Crippen molar-refractivity contribution in [3.8, 4) is 0 Å². The van der Waals surface area contributed by atoms with Crippen molar-refractivity contribution in [3.63, 3.8) is 0 Å². The first-order valence-electron chi connectivity index (χ1n) is 13.8. The van der Waals surface area contributed by atoms with Gasteiger partial charge in [-0.15, -0.1) is 0 Å². The Morgan fingerprint density at radius 3 is 2.24 bits per heavy atom. The van der Waals surface area contributed by atoms with E-state index in [1.54, 1.807) is 51.4 Å². The van der Waals surface area contributed by atoms with Crippen LogP contribution < -0.4 is 0 Å². The third-order valence-corrected chi connectivity index (χ3v) is 11.8. The minimum atomic E-state index is 0.665. The van der Waals surface area contributed by atoms with Gasteiger partial charge < -0.3 is 0 Å². The molecule has 0 heterocycles. The molecule has 0 aromatic rings. The van der Waals surface area contributed by atoms with Gasteiger partial charge in [0.2, 0.25) is 0 Å². The molecule has 0 aliphatic heterocycles. The zero-order valence-corrected chi connectivity index (χ0v) is 20.8. The lowest BCUT2D eigenvalue weighted by atomic mass is 9.44. The molecule has 168 valence electrons. The molecule has 4 saturated carbocycles. The van der Waals surface area contributed by atoms with E-state index in [0.29, 0.717) is 10.8 Å². The molecule has 9 atom stereocenters. The van der Waals surface area contributed by atoms with Crippen LogP contribution in [0.15, 0.2) is 0 Å². The van der Waals surface area contributed by atoms with Crippen LogP contribution in [0.25, 0.3) is 0 Å². The summed E-state index contributed by atoms with van der Waals surface area (Å²) in [5.41, 5.74) is 1.37. The summed E-state index contributed by atoms with van der Waals surface area (Å²) in [6, 6.07) is 0. The minimum Gasteiger partial charge on any atom is -0.0651 e. The molecule has 4 aliphatic carbocycles. The van der Waals surface area contributed by atoms with Crippen molar-refractivity contribution in [1.82, 2.24) is 0 Å². The zero-order valence-electron chi connectivity index (χ0n) is 20.8. The summed E-state index contributed by atoms with van der Waals surface area (Å²) in [7, 11) is 0. The lowest BCUT2D eigenvalue weighted by molar-refractivity contribution is -0.114. The van der Waals surface area contributed by atoms with E-state index in [4.69, 9.17) is 0 Å². The Kier molecular flexibility index (Phi) is 6.51. The quantitative estimate of drug-likeness (QED) is 0.417. The van der Waals surface area contributed by atoms with Gasteiger partial charge in [0.25, 0.3) is 0 Å². The average molecular weight is 401 g/mol. The summed E-state index contributed by atoms with van der Waals surface area (Å²) in [6.07, 6.45) is 19.8. The van der Waals surface area contributed by atoms with E-state index in [0.717, 1.165) is 47.3 Å². The van der Waals surface area contributed by atoms with Gasteiger partial charge in [-0.1, -0.05) is 67.2 Å². The molecule has 4 aliphatic rings. The molecule has 0 radical (unpaired) electrons. The predicted octanol–water partition coefficient (Wildman–Crippen LogP) is 9.13. The Balaban J connectivity index is 1.45. The Morgan fingerprint density at radius 2 is 1.52 bits per heavy atom. The zero-order chi connectivity index (χ0) is 20.8. The van der Waals surface area contributed by atoms with E-state index in [2.05, 4.69) is 41.5 Å². The maximum atomic E-state index is 2.76. The molecule has 0 amide bonds. The smallest absolute Gasteiger partial charge is 0.0264 e. The Labute approximate surface area is 183 Å². The van der Waals surface area contributed by atoms with Gasteiger partial charge in [0.1, 0.15) is 0 Å². The molecule has 0 heteroatoms. The van der Waals surface area contributed by atoms with Crippen molar-refractivity contribution in [2.75, 3.05) is 0 Å². The largest absolute Gasteiger partial charge is 0.0651 e. The first-order chi connectivity index (χ1) is 13.8. The van der Waals surface area contributed by atoms with Crippen LogP contribution in [0.4, 0.5) is 0 Å². The van der Waals surface area contributed by atoms with E-state index in [9.17, 15) is 0 Å². The fourth-order valence-electron chi connectivity index (χ4n) is 9.96. The van der Waals surface area contributed by atoms with Gasteiger partial charge in [0.15, 0.2) is 0 Å². The number of fused-ring (bicyclic) bond motifs is 5. The van der Waals surface area contributed by atoms with Gasteiger partial charge in [0, 0.05) is 0 Å². The standard InChI is InChI=1S/C29H52/c1-7-22(20(2)3)12-11-21(4)25-15-16-26-24-14-13-23-10-8-9-18-28(23,5)27(24)17-19-29(25,26)6/h20-27H,7-19H2,1-6H3/t21-,22-,23-,24+,25-,26+,27+,28+,29-/m1/s1. The van der Waals surface area contributed by atoms with Crippen LogP contribution >= 0.6 is 0 Å². The molecular weight excluding hydrogens is 348 g/mol. The molecule has 0 unspecified atom stereocenters. The van der Waals surface area contributed by atoms with Crippen molar-refractivity contribution in [1.29, 1.82) is 0 Å². The maximum Gasteiger partial charge on any atom is -0.0264 e. The van der Waals surface area contributed by atoms with Gasteiger partial charge in [-0.25, -0.2) is 0 Å². The fourth-order valence-corrected chi connectivity index (χ4v) is 9.96. The van der Waals surface area contributed by atoms with Crippen molar-refractivity contribution in [2.45, 2.75) is 125 Å². The van der Waals surface area contributed by atoms with Gasteiger partial charge in [-0.3, -0.25) is 0 Å². The summed E-state index contributed by atoms with van der Waals surface area (Å²) in [5.74, 6) is 8.02. The number of hydrogen-bond donors (Lipinski definition) is 0. The molecule has 0 bridgehead atoms. The predicted molar refractivity (Wildman–Crippen MR) is 127 cm³/mol. The summed E-state index contributed by atoms with van der Waals surface area (Å²) < 4.78 is 0. The highest BCUT2D eigenvalue weighted by molar-refractivity contribution is 5.09. The highest BCUT2D eigenvalue weighted by Gasteiger charge is 2.60. The van der Waals surface area contributed by atoms with Crippen LogP contribution in [0.3, 0.4) is 0 Å². The molecule has 0 N–H and O–H groups in total. The van der Waals surface area contributed by atoms with Crippen LogP contribution in [0.5, 0.6) is 0 Å². The molecule has 0 nitrogen and oxygen atoms in total. The molecule has 0 aromatic carbocycles. The van der Waals surface area contributed by atoms with E-state index >= 15 is 0 Å². The van der Waals surface area contributed by atoms with Gasteiger partial charge >= 0.3 is 0 Å². The third-order valence-electron chi connectivity index (χ3n) is 11.8. The topological polar surface area (TPSA) is 0 Å². The highest BCUT2D eigenvalue weighted by atomic mass is 14.6. The normalized spacial score (nSPS) is 46.7. The number of rotatable bonds is 6. The summed E-state index contributed by atoms with van der Waals surface area (Å²) in [6.45, 7) is 15.4. The van der Waals surface area contributed by atoms with Crippen molar-refractivity contribution in [2.24, 2.45) is 58.2 Å². The monoisotopic (exact) mass is 400 g/mol. The van der Waals surface area contributed by atoms with Gasteiger partial charge in [0.05, 0.1) is 0 Å². The Hall–Kier alpha value is 0. The van der Waals surface area contributed by atoms with Crippen LogP contribution in [-0.4, -0.2) is 0 Å². The van der Waals surface area contributed by atoms with Crippen LogP contribution in [0, 0.1) is 58.2 Å². The Morgan fingerprint density at radius 1 is 0.759 bits per heavy atom. The van der Waals surface area contributed by atoms with Gasteiger partial charge in [-0.05, 0) is 116 Å². The summed E-state index contributed by atoms with van der Waals surface area (Å²) in [5, 5.41) is 0. The third kappa shape index (κ3) is 3.75. The van der Waals surface area contributed by atoms with Gasteiger partial charge in [-0.2, -0.15) is 0 Å². The number of hydrogen-bond acceptors (Lipinski definition) is 0. The van der Waals surface area contributed by atoms with Crippen LogP contribution in [0.2, 0.25) is 0 Å². The first-order valence-corrected chi connectivity index (χ1v) is 13.8. The maximum absolute atomic E-state index is 2.76. The second-order valence-corrected chi connectivity index (χ2v) is 13.1. The van der Waals surface area contributed by atoms with Crippen molar-refractivity contribution in [3.05, 3.63) is 0 Å². The van der Waals surface area contributed by atoms with E-state index in [-0.39, 0.29) is 0 Å². The first kappa shape index (κ1) is 22.2. The van der Waals surface area contributed by atoms with Crippen molar-refractivity contribution < 1.29 is 0 Å². The molecule has 0 aromatic heterocycles. The molecule has 4 rings (SSSR count). The SMILES string of the molecule is CC[C@H](CC[C@@H](C)[C@H]1CC[C@H]2[C@@H]3CC[C@H]4CCCC[C@]4(C)[C@H]3CC[C@]12C)C(C)C. The average Bonchev–Trinajstić information content (AvgIpc) is 3.05. The summed E-state index contributed by atoms with van der Waals surface area (Å²) >= 11 is 0. The Bertz CT molecular complexity index is 548. The summed E-state index contributed by atoms with van der Waals surface area (Å²) in [4.78, 5) is 0.